The lowest BCUT2D eigenvalue weighted by Crippen LogP contribution is -2.54. The molecule has 34 heavy (non-hydrogen) atoms. The van der Waals surface area contributed by atoms with E-state index in [4.69, 9.17) is 11.6 Å². The van der Waals surface area contributed by atoms with Crippen molar-refractivity contribution in [3.05, 3.63) is 100 Å². The summed E-state index contributed by atoms with van der Waals surface area (Å²) in [6, 6.07) is 21.6. The molecule has 0 bridgehead atoms. The molecule has 168 valence electrons. The molecule has 0 atom stereocenters. The van der Waals surface area contributed by atoms with Gasteiger partial charge in [0.1, 0.15) is 5.57 Å². The molecule has 5 rings (SSSR count). The zero-order chi connectivity index (χ0) is 24.0. The second-order valence-electron chi connectivity index (χ2n) is 8.09. The van der Waals surface area contributed by atoms with Gasteiger partial charge in [0.15, 0.2) is 0 Å². The summed E-state index contributed by atoms with van der Waals surface area (Å²) < 4.78 is 2.10. The molecule has 1 N–H and O–H groups in total. The Morgan fingerprint density at radius 3 is 2.35 bits per heavy atom. The molecule has 0 spiro atoms. The average Bonchev–Trinajstić information content (AvgIpc) is 3.10. The van der Waals surface area contributed by atoms with Gasteiger partial charge >= 0.3 is 6.03 Å². The molecular formula is C27H20ClN3O3. The van der Waals surface area contributed by atoms with Crippen molar-refractivity contribution in [1.82, 2.24) is 9.88 Å². The van der Waals surface area contributed by atoms with Gasteiger partial charge in [0.25, 0.3) is 11.8 Å². The van der Waals surface area contributed by atoms with Crippen molar-refractivity contribution < 1.29 is 14.4 Å². The first-order valence-electron chi connectivity index (χ1n) is 10.7. The molecule has 0 aliphatic carbocycles. The minimum atomic E-state index is -0.796. The largest absolute Gasteiger partial charge is 0.335 e. The number of benzene rings is 3. The number of barbiturate groups is 1. The summed E-state index contributed by atoms with van der Waals surface area (Å²) in [5, 5.41) is 4.94. The molecule has 6 nitrogen and oxygen atoms in total. The van der Waals surface area contributed by atoms with Gasteiger partial charge in [0.2, 0.25) is 0 Å². The third-order valence-corrected chi connectivity index (χ3v) is 6.22. The van der Waals surface area contributed by atoms with Gasteiger partial charge in [-0.15, -0.1) is 0 Å². The normalized spacial score (nSPS) is 15.3. The van der Waals surface area contributed by atoms with E-state index in [1.165, 1.54) is 6.08 Å². The first kappa shape index (κ1) is 21.7. The number of aryl methyl sites for hydroxylation is 1. The summed E-state index contributed by atoms with van der Waals surface area (Å²) in [7, 11) is 0. The van der Waals surface area contributed by atoms with E-state index in [1.54, 1.807) is 24.3 Å². The maximum absolute atomic E-state index is 13.2. The SMILES string of the molecule is Cc1cc(/C=C2\C(=O)NC(=O)N(c3ccc(Cl)cc3)C2=O)c(C)n1-c1cccc2ccccc12. The van der Waals surface area contributed by atoms with Crippen molar-refractivity contribution in [3.8, 4) is 5.69 Å². The standard InChI is InChI=1S/C27H20ClN3O3/c1-16-14-19(17(2)30(16)24-9-5-7-18-6-3-4-8-22(18)24)15-23-25(32)29-27(34)31(26(23)33)21-12-10-20(28)11-13-21/h3-15H,1-2H3,(H,29,32,34)/b23-15+. The Morgan fingerprint density at radius 2 is 1.59 bits per heavy atom. The van der Waals surface area contributed by atoms with Crippen molar-refractivity contribution >= 4 is 52.0 Å². The maximum atomic E-state index is 13.2. The number of urea groups is 1. The topological polar surface area (TPSA) is 71.4 Å². The molecule has 4 aromatic rings. The fourth-order valence-corrected chi connectivity index (χ4v) is 4.47. The smallest absolute Gasteiger partial charge is 0.317 e. The number of anilines is 1. The van der Waals surface area contributed by atoms with E-state index in [1.807, 2.05) is 44.2 Å². The number of nitrogens with zero attached hydrogens (tertiary/aromatic N) is 2. The van der Waals surface area contributed by atoms with Gasteiger partial charge in [-0.25, -0.2) is 9.69 Å². The summed E-state index contributed by atoms with van der Waals surface area (Å²) in [6.45, 7) is 3.91. The minimum absolute atomic E-state index is 0.118. The first-order chi connectivity index (χ1) is 16.3. The molecule has 4 amide bonds. The number of amides is 4. The molecule has 1 aromatic heterocycles. The lowest BCUT2D eigenvalue weighted by molar-refractivity contribution is -0.122. The lowest BCUT2D eigenvalue weighted by atomic mass is 10.1. The van der Waals surface area contributed by atoms with Gasteiger partial charge in [-0.05, 0) is 67.3 Å². The first-order valence-corrected chi connectivity index (χ1v) is 11.1. The van der Waals surface area contributed by atoms with E-state index < -0.39 is 17.8 Å². The van der Waals surface area contributed by atoms with Crippen LogP contribution in [0.3, 0.4) is 0 Å². The van der Waals surface area contributed by atoms with Crippen molar-refractivity contribution in [2.45, 2.75) is 13.8 Å². The second-order valence-corrected chi connectivity index (χ2v) is 8.53. The quantitative estimate of drug-likeness (QED) is 0.315. The van der Waals surface area contributed by atoms with Crippen LogP contribution in [0.4, 0.5) is 10.5 Å². The zero-order valence-corrected chi connectivity index (χ0v) is 19.3. The van der Waals surface area contributed by atoms with Crippen LogP contribution in [0, 0.1) is 13.8 Å². The van der Waals surface area contributed by atoms with Gasteiger partial charge < -0.3 is 4.57 Å². The summed E-state index contributed by atoms with van der Waals surface area (Å²) in [5.74, 6) is -1.42. The predicted octanol–water partition coefficient (Wildman–Crippen LogP) is 5.57. The van der Waals surface area contributed by atoms with Gasteiger partial charge in [0.05, 0.1) is 11.4 Å². The molecule has 1 saturated heterocycles. The van der Waals surface area contributed by atoms with E-state index in [-0.39, 0.29) is 5.57 Å². The molecule has 0 saturated carbocycles. The van der Waals surface area contributed by atoms with Crippen molar-refractivity contribution in [2.24, 2.45) is 0 Å². The second kappa shape index (κ2) is 8.32. The van der Waals surface area contributed by atoms with E-state index in [2.05, 4.69) is 28.1 Å². The number of fused-ring (bicyclic) bond motifs is 1. The Morgan fingerprint density at radius 1 is 0.882 bits per heavy atom. The number of aromatic nitrogens is 1. The molecule has 0 unspecified atom stereocenters. The number of halogens is 1. The number of carbonyl (C=O) groups is 3. The highest BCUT2D eigenvalue weighted by atomic mass is 35.5. The average molecular weight is 470 g/mol. The fourth-order valence-electron chi connectivity index (χ4n) is 4.35. The van der Waals surface area contributed by atoms with Crippen LogP contribution in [0.2, 0.25) is 5.02 Å². The van der Waals surface area contributed by atoms with Crippen LogP contribution >= 0.6 is 11.6 Å². The molecule has 1 aliphatic heterocycles. The van der Waals surface area contributed by atoms with E-state index in [9.17, 15) is 14.4 Å². The third-order valence-electron chi connectivity index (χ3n) is 5.96. The molecule has 7 heteroatoms. The highest BCUT2D eigenvalue weighted by Crippen LogP contribution is 2.29. The number of imide groups is 2. The lowest BCUT2D eigenvalue weighted by Gasteiger charge is -2.26. The van der Waals surface area contributed by atoms with Gasteiger partial charge in [0, 0.05) is 21.8 Å². The summed E-state index contributed by atoms with van der Waals surface area (Å²) >= 11 is 5.93. The van der Waals surface area contributed by atoms with Crippen molar-refractivity contribution in [2.75, 3.05) is 4.90 Å². The Labute approximate surface area is 201 Å². The number of hydrogen-bond donors (Lipinski definition) is 1. The molecule has 1 fully saturated rings. The van der Waals surface area contributed by atoms with Gasteiger partial charge in [-0.1, -0.05) is 48.0 Å². The molecule has 1 aliphatic rings. The van der Waals surface area contributed by atoms with Crippen molar-refractivity contribution in [1.29, 1.82) is 0 Å². The molecule has 0 radical (unpaired) electrons. The van der Waals surface area contributed by atoms with Crippen molar-refractivity contribution in [3.63, 3.8) is 0 Å². The van der Waals surface area contributed by atoms with Crippen LogP contribution in [0.25, 0.3) is 22.5 Å². The Bertz CT molecular complexity index is 1510. The summed E-state index contributed by atoms with van der Waals surface area (Å²) in [5.41, 5.74) is 3.76. The molecular weight excluding hydrogens is 450 g/mol. The summed E-state index contributed by atoms with van der Waals surface area (Å²) in [6.07, 6.45) is 1.54. The van der Waals surface area contributed by atoms with E-state index >= 15 is 0 Å². The van der Waals surface area contributed by atoms with Crippen LogP contribution < -0.4 is 10.2 Å². The minimum Gasteiger partial charge on any atom is -0.317 e. The van der Waals surface area contributed by atoms with Crippen LogP contribution in [0.15, 0.2) is 78.4 Å². The number of nitrogens with one attached hydrogen (secondary N) is 1. The van der Waals surface area contributed by atoms with Gasteiger partial charge in [-0.3, -0.25) is 14.9 Å². The zero-order valence-electron chi connectivity index (χ0n) is 18.5. The van der Waals surface area contributed by atoms with Crippen LogP contribution in [0.1, 0.15) is 17.0 Å². The fraction of sp³-hybridized carbons (Fsp3) is 0.0741. The Hall–Kier alpha value is -4.16. The third kappa shape index (κ3) is 3.58. The van der Waals surface area contributed by atoms with E-state index in [0.29, 0.717) is 16.3 Å². The highest BCUT2D eigenvalue weighted by Gasteiger charge is 2.37. The van der Waals surface area contributed by atoms with Crippen LogP contribution in [-0.4, -0.2) is 22.4 Å². The van der Waals surface area contributed by atoms with E-state index in [0.717, 1.165) is 32.7 Å². The number of rotatable bonds is 3. The Kier molecular flexibility index (Phi) is 5.30. The highest BCUT2D eigenvalue weighted by molar-refractivity contribution is 6.39. The van der Waals surface area contributed by atoms with Crippen LogP contribution in [0.5, 0.6) is 0 Å². The molecule has 3 aromatic carbocycles. The maximum Gasteiger partial charge on any atom is 0.335 e. The number of carbonyl (C=O) groups excluding carboxylic acids is 3. The number of hydrogen-bond acceptors (Lipinski definition) is 3. The van der Waals surface area contributed by atoms with Crippen LogP contribution in [-0.2, 0) is 9.59 Å². The molecule has 2 heterocycles. The monoisotopic (exact) mass is 469 g/mol. The summed E-state index contributed by atoms with van der Waals surface area (Å²) in [4.78, 5) is 39.2. The Balaban J connectivity index is 1.59. The van der Waals surface area contributed by atoms with Gasteiger partial charge in [-0.2, -0.15) is 0 Å². The predicted molar refractivity (Wildman–Crippen MR) is 133 cm³/mol.